The lowest BCUT2D eigenvalue weighted by Gasteiger charge is -2.10. The highest BCUT2D eigenvalue weighted by Crippen LogP contribution is 2.16. The van der Waals surface area contributed by atoms with E-state index in [0.717, 1.165) is 18.6 Å². The molecule has 5 nitrogen and oxygen atoms in total. The second-order valence-corrected chi connectivity index (χ2v) is 6.13. The summed E-state index contributed by atoms with van der Waals surface area (Å²) < 4.78 is 12.1. The number of unbranched alkanes of at least 4 members (excludes halogenated alkanes) is 1. The van der Waals surface area contributed by atoms with Gasteiger partial charge in [-0.2, -0.15) is 0 Å². The first-order chi connectivity index (χ1) is 12.1. The second-order valence-electron chi connectivity index (χ2n) is 6.13. The van der Waals surface area contributed by atoms with Crippen molar-refractivity contribution in [1.29, 1.82) is 0 Å². The number of fused-ring (bicyclic) bond motifs is 1. The zero-order chi connectivity index (χ0) is 17.8. The monoisotopic (exact) mass is 339 g/mol. The summed E-state index contributed by atoms with van der Waals surface area (Å²) in [7, 11) is 0. The van der Waals surface area contributed by atoms with Gasteiger partial charge in [0.25, 0.3) is 0 Å². The molecule has 0 spiro atoms. The number of nitrogens with zero attached hydrogens (tertiary/aromatic N) is 1. The number of hydrogen-bond acceptors (Lipinski definition) is 4. The third-order valence-electron chi connectivity index (χ3n) is 4.34. The van der Waals surface area contributed by atoms with Crippen molar-refractivity contribution in [3.8, 4) is 5.75 Å². The van der Waals surface area contributed by atoms with E-state index < -0.39 is 11.4 Å². The molecule has 0 aliphatic rings. The lowest BCUT2D eigenvalue weighted by molar-refractivity contribution is 0.300. The van der Waals surface area contributed by atoms with Crippen molar-refractivity contribution in [3.05, 3.63) is 74.6 Å². The number of benzene rings is 2. The number of aryl methyl sites for hydroxylation is 3. The molecule has 0 atom stereocenters. The van der Waals surface area contributed by atoms with Crippen LogP contribution in [-0.4, -0.2) is 11.2 Å². The Labute approximate surface area is 145 Å². The van der Waals surface area contributed by atoms with Gasteiger partial charge in [-0.1, -0.05) is 18.2 Å². The van der Waals surface area contributed by atoms with E-state index in [9.17, 15) is 9.59 Å². The molecule has 25 heavy (non-hydrogen) atoms. The molecular formula is C20H21NO4. The molecule has 0 unspecified atom stereocenters. The minimum absolute atomic E-state index is 0.425. The van der Waals surface area contributed by atoms with Crippen LogP contribution in [0.5, 0.6) is 5.75 Å². The van der Waals surface area contributed by atoms with Crippen molar-refractivity contribution in [3.63, 3.8) is 0 Å². The van der Waals surface area contributed by atoms with E-state index in [2.05, 4.69) is 13.8 Å². The maximum absolute atomic E-state index is 12.0. The first kappa shape index (κ1) is 17.0. The average Bonchev–Trinajstić information content (AvgIpc) is 2.60. The van der Waals surface area contributed by atoms with E-state index in [1.807, 2.05) is 18.2 Å². The van der Waals surface area contributed by atoms with Crippen molar-refractivity contribution >= 4 is 10.9 Å². The molecule has 0 bridgehead atoms. The van der Waals surface area contributed by atoms with Crippen molar-refractivity contribution in [1.82, 2.24) is 4.57 Å². The molecule has 0 aliphatic heterocycles. The first-order valence-corrected chi connectivity index (χ1v) is 8.39. The van der Waals surface area contributed by atoms with Gasteiger partial charge in [-0.25, -0.2) is 9.59 Å². The van der Waals surface area contributed by atoms with Crippen molar-refractivity contribution in [2.75, 3.05) is 6.61 Å². The summed E-state index contributed by atoms with van der Waals surface area (Å²) in [6, 6.07) is 13.0. The van der Waals surface area contributed by atoms with Crippen LogP contribution in [0.1, 0.15) is 24.0 Å². The summed E-state index contributed by atoms with van der Waals surface area (Å²) in [4.78, 5) is 23.7. The topological polar surface area (TPSA) is 61.4 Å². The Kier molecular flexibility index (Phi) is 5.03. The van der Waals surface area contributed by atoms with Gasteiger partial charge in [0.2, 0.25) is 0 Å². The molecule has 3 rings (SSSR count). The number of para-hydroxylation sites is 1. The number of ether oxygens (including phenoxy) is 1. The van der Waals surface area contributed by atoms with E-state index in [4.69, 9.17) is 9.15 Å². The largest absolute Gasteiger partial charge is 0.494 e. The zero-order valence-electron chi connectivity index (χ0n) is 14.5. The Morgan fingerprint density at radius 3 is 2.60 bits per heavy atom. The molecule has 1 aromatic heterocycles. The van der Waals surface area contributed by atoms with Crippen LogP contribution in [0.4, 0.5) is 0 Å². The molecule has 1 heterocycles. The van der Waals surface area contributed by atoms with Crippen LogP contribution in [0.2, 0.25) is 0 Å². The van der Waals surface area contributed by atoms with Crippen LogP contribution < -0.4 is 16.1 Å². The van der Waals surface area contributed by atoms with E-state index in [-0.39, 0.29) is 0 Å². The zero-order valence-corrected chi connectivity index (χ0v) is 14.5. The lowest BCUT2D eigenvalue weighted by Crippen LogP contribution is -2.25. The van der Waals surface area contributed by atoms with E-state index in [1.165, 1.54) is 15.7 Å². The minimum Gasteiger partial charge on any atom is -0.494 e. The van der Waals surface area contributed by atoms with Gasteiger partial charge in [0.15, 0.2) is 0 Å². The quantitative estimate of drug-likeness (QED) is 0.646. The predicted octanol–water partition coefficient (Wildman–Crippen LogP) is 3.43. The fraction of sp³-hybridized carbons (Fsp3) is 0.300. The first-order valence-electron chi connectivity index (χ1n) is 8.39. The van der Waals surface area contributed by atoms with Crippen LogP contribution in [-0.2, 0) is 6.54 Å². The smallest absolute Gasteiger partial charge is 0.422 e. The fourth-order valence-electron chi connectivity index (χ4n) is 2.75. The Morgan fingerprint density at radius 2 is 1.80 bits per heavy atom. The van der Waals surface area contributed by atoms with Gasteiger partial charge in [0, 0.05) is 6.54 Å². The molecule has 0 saturated heterocycles. The van der Waals surface area contributed by atoms with Gasteiger partial charge in [0.05, 0.1) is 17.5 Å². The van der Waals surface area contributed by atoms with Crippen LogP contribution in [0, 0.1) is 13.8 Å². The molecule has 3 aromatic rings. The highest BCUT2D eigenvalue weighted by atomic mass is 16.5. The summed E-state index contributed by atoms with van der Waals surface area (Å²) in [6.45, 7) is 5.19. The van der Waals surface area contributed by atoms with Gasteiger partial charge in [0.1, 0.15) is 5.75 Å². The van der Waals surface area contributed by atoms with E-state index in [0.29, 0.717) is 24.1 Å². The maximum Gasteiger partial charge on any atom is 0.422 e. The summed E-state index contributed by atoms with van der Waals surface area (Å²) >= 11 is 0. The average molecular weight is 339 g/mol. The van der Waals surface area contributed by atoms with Crippen molar-refractivity contribution < 1.29 is 9.15 Å². The van der Waals surface area contributed by atoms with Gasteiger partial charge in [-0.15, -0.1) is 0 Å². The number of hydrogen-bond donors (Lipinski definition) is 0. The van der Waals surface area contributed by atoms with Gasteiger partial charge < -0.3 is 9.15 Å². The minimum atomic E-state index is -0.612. The van der Waals surface area contributed by atoms with Crippen LogP contribution >= 0.6 is 0 Å². The highest BCUT2D eigenvalue weighted by Gasteiger charge is 2.08. The molecule has 0 aliphatic carbocycles. The predicted molar refractivity (Wildman–Crippen MR) is 97.4 cm³/mol. The fourth-order valence-corrected chi connectivity index (χ4v) is 2.75. The molecule has 0 fully saturated rings. The summed E-state index contributed by atoms with van der Waals surface area (Å²) in [5.74, 6) is 0.246. The lowest BCUT2D eigenvalue weighted by atomic mass is 10.1. The van der Waals surface area contributed by atoms with Gasteiger partial charge in [-0.05, 0) is 62.1 Å². The maximum atomic E-state index is 12.0. The Morgan fingerprint density at radius 1 is 1.00 bits per heavy atom. The SMILES string of the molecule is Cc1ccc(OCCCCn2c(=O)oc(=O)c3ccccc32)cc1C. The third-order valence-corrected chi connectivity index (χ3v) is 4.34. The molecule has 2 aromatic carbocycles. The molecule has 130 valence electrons. The van der Waals surface area contributed by atoms with Crippen LogP contribution in [0.15, 0.2) is 56.5 Å². The van der Waals surface area contributed by atoms with Crippen LogP contribution in [0.3, 0.4) is 0 Å². The highest BCUT2D eigenvalue weighted by molar-refractivity contribution is 5.77. The second kappa shape index (κ2) is 7.38. The Bertz CT molecular complexity index is 1000. The standard InChI is InChI=1S/C20H21NO4/c1-14-9-10-16(13-15(14)2)24-12-6-5-11-21-18-8-4-3-7-17(18)19(22)25-20(21)23/h3-4,7-10,13H,5-6,11-12H2,1-2H3. The molecule has 0 N–H and O–H groups in total. The van der Waals surface area contributed by atoms with E-state index >= 15 is 0 Å². The molecule has 0 saturated carbocycles. The normalized spacial score (nSPS) is 11.0. The molecule has 0 amide bonds. The van der Waals surface area contributed by atoms with Gasteiger partial charge in [-0.3, -0.25) is 4.57 Å². The van der Waals surface area contributed by atoms with Crippen molar-refractivity contribution in [2.45, 2.75) is 33.2 Å². The Hall–Kier alpha value is -2.82. The summed E-state index contributed by atoms with van der Waals surface area (Å²) in [6.07, 6.45) is 1.55. The number of aromatic nitrogens is 1. The molecule has 5 heteroatoms. The van der Waals surface area contributed by atoms with Gasteiger partial charge >= 0.3 is 11.4 Å². The molecule has 0 radical (unpaired) electrons. The van der Waals surface area contributed by atoms with E-state index in [1.54, 1.807) is 24.3 Å². The summed E-state index contributed by atoms with van der Waals surface area (Å²) in [5, 5.41) is 0.425. The third kappa shape index (κ3) is 3.82. The van der Waals surface area contributed by atoms with Crippen molar-refractivity contribution in [2.24, 2.45) is 0 Å². The van der Waals surface area contributed by atoms with Crippen LogP contribution in [0.25, 0.3) is 10.9 Å². The summed E-state index contributed by atoms with van der Waals surface area (Å²) in [5.41, 5.74) is 2.47. The Balaban J connectivity index is 1.61. The molecular weight excluding hydrogens is 318 g/mol. The number of rotatable bonds is 6.